The minimum atomic E-state index is -0.224. The quantitative estimate of drug-likeness (QED) is 0.630. The standard InChI is InChI=1S/C15H18ClNO3S/c1-20-15(19)11-3-2-8-17(9-11)14(18)10-21-13-6-4-12(16)5-7-13/h4-7,11H,2-3,8-10H2,1H3/t11-/m0/s1. The third-order valence-electron chi connectivity index (χ3n) is 3.48. The Morgan fingerprint density at radius 2 is 2.10 bits per heavy atom. The van der Waals surface area contributed by atoms with E-state index in [0.29, 0.717) is 23.9 Å². The number of nitrogens with zero attached hydrogens (tertiary/aromatic N) is 1. The highest BCUT2D eigenvalue weighted by Gasteiger charge is 2.28. The Morgan fingerprint density at radius 3 is 2.76 bits per heavy atom. The second-order valence-electron chi connectivity index (χ2n) is 4.94. The molecule has 0 unspecified atom stereocenters. The molecule has 6 heteroatoms. The zero-order valence-electron chi connectivity index (χ0n) is 11.9. The maximum atomic E-state index is 12.2. The fourth-order valence-electron chi connectivity index (χ4n) is 2.33. The van der Waals surface area contributed by atoms with Crippen LogP contribution in [0.15, 0.2) is 29.2 Å². The van der Waals surface area contributed by atoms with Gasteiger partial charge in [0.1, 0.15) is 0 Å². The lowest BCUT2D eigenvalue weighted by atomic mass is 9.98. The summed E-state index contributed by atoms with van der Waals surface area (Å²) in [4.78, 5) is 26.6. The summed E-state index contributed by atoms with van der Waals surface area (Å²) in [5.41, 5.74) is 0. The van der Waals surface area contributed by atoms with Crippen LogP contribution in [0.25, 0.3) is 0 Å². The van der Waals surface area contributed by atoms with Crippen molar-refractivity contribution in [3.8, 4) is 0 Å². The summed E-state index contributed by atoms with van der Waals surface area (Å²) >= 11 is 7.31. The van der Waals surface area contributed by atoms with Gasteiger partial charge in [-0.3, -0.25) is 9.59 Å². The van der Waals surface area contributed by atoms with Gasteiger partial charge >= 0.3 is 5.97 Å². The third kappa shape index (κ3) is 4.64. The molecule has 1 fully saturated rings. The SMILES string of the molecule is COC(=O)[C@H]1CCCN(C(=O)CSc2ccc(Cl)cc2)C1. The van der Waals surface area contributed by atoms with E-state index < -0.39 is 0 Å². The number of rotatable bonds is 4. The van der Waals surface area contributed by atoms with Crippen LogP contribution in [0.5, 0.6) is 0 Å². The largest absolute Gasteiger partial charge is 0.469 e. The predicted octanol–water partition coefficient (Wildman–Crippen LogP) is 2.84. The highest BCUT2D eigenvalue weighted by molar-refractivity contribution is 8.00. The van der Waals surface area contributed by atoms with Gasteiger partial charge < -0.3 is 9.64 Å². The van der Waals surface area contributed by atoms with E-state index in [1.54, 1.807) is 4.90 Å². The van der Waals surface area contributed by atoms with Gasteiger partial charge in [-0.1, -0.05) is 11.6 Å². The molecular weight excluding hydrogens is 310 g/mol. The summed E-state index contributed by atoms with van der Waals surface area (Å²) in [6.45, 7) is 1.18. The van der Waals surface area contributed by atoms with Gasteiger partial charge in [0.2, 0.25) is 5.91 Å². The number of hydrogen-bond donors (Lipinski definition) is 0. The van der Waals surface area contributed by atoms with Crippen LogP contribution in [-0.2, 0) is 14.3 Å². The number of ether oxygens (including phenoxy) is 1. The molecule has 0 aliphatic carbocycles. The highest BCUT2D eigenvalue weighted by atomic mass is 35.5. The molecule has 1 atom stereocenters. The van der Waals surface area contributed by atoms with E-state index in [9.17, 15) is 9.59 Å². The molecule has 1 amide bonds. The summed E-state index contributed by atoms with van der Waals surface area (Å²) in [6.07, 6.45) is 1.64. The van der Waals surface area contributed by atoms with Gasteiger partial charge in [-0.2, -0.15) is 0 Å². The Morgan fingerprint density at radius 1 is 1.38 bits per heavy atom. The molecule has 0 radical (unpaired) electrons. The van der Waals surface area contributed by atoms with Gasteiger partial charge in [0.25, 0.3) is 0 Å². The monoisotopic (exact) mass is 327 g/mol. The van der Waals surface area contributed by atoms with Crippen molar-refractivity contribution < 1.29 is 14.3 Å². The molecule has 1 saturated heterocycles. The number of carbonyl (C=O) groups excluding carboxylic acids is 2. The van der Waals surface area contributed by atoms with Crippen molar-refractivity contribution in [2.24, 2.45) is 5.92 Å². The molecule has 1 aliphatic rings. The number of likely N-dealkylation sites (tertiary alicyclic amines) is 1. The Hall–Kier alpha value is -1.20. The maximum Gasteiger partial charge on any atom is 0.310 e. The maximum absolute atomic E-state index is 12.2. The summed E-state index contributed by atoms with van der Waals surface area (Å²) in [5, 5.41) is 0.683. The molecule has 4 nitrogen and oxygen atoms in total. The van der Waals surface area contributed by atoms with E-state index in [1.165, 1.54) is 18.9 Å². The zero-order valence-corrected chi connectivity index (χ0v) is 13.5. The molecule has 2 rings (SSSR count). The molecule has 0 N–H and O–H groups in total. The average molecular weight is 328 g/mol. The third-order valence-corrected chi connectivity index (χ3v) is 4.73. The normalized spacial score (nSPS) is 18.4. The van der Waals surface area contributed by atoms with Gasteiger partial charge in [-0.15, -0.1) is 11.8 Å². The van der Waals surface area contributed by atoms with Crippen LogP contribution in [0.1, 0.15) is 12.8 Å². The minimum absolute atomic E-state index is 0.0588. The molecule has 0 bridgehead atoms. The van der Waals surface area contributed by atoms with E-state index in [2.05, 4.69) is 0 Å². The summed E-state index contributed by atoms with van der Waals surface area (Å²) in [7, 11) is 1.39. The van der Waals surface area contributed by atoms with Crippen molar-refractivity contribution in [2.75, 3.05) is 26.0 Å². The number of piperidine rings is 1. The smallest absolute Gasteiger partial charge is 0.310 e. The second-order valence-corrected chi connectivity index (χ2v) is 6.43. The van der Waals surface area contributed by atoms with Crippen LogP contribution in [0.2, 0.25) is 5.02 Å². The number of halogens is 1. The molecule has 0 spiro atoms. The number of benzene rings is 1. The zero-order chi connectivity index (χ0) is 15.2. The summed E-state index contributed by atoms with van der Waals surface area (Å²) in [6, 6.07) is 7.41. The van der Waals surface area contributed by atoms with E-state index in [4.69, 9.17) is 16.3 Å². The minimum Gasteiger partial charge on any atom is -0.469 e. The van der Waals surface area contributed by atoms with Gasteiger partial charge in [0.05, 0.1) is 18.8 Å². The molecule has 1 aromatic carbocycles. The summed E-state index contributed by atoms with van der Waals surface area (Å²) < 4.78 is 4.76. The van der Waals surface area contributed by atoms with Crippen molar-refractivity contribution in [1.82, 2.24) is 4.90 Å². The van der Waals surface area contributed by atoms with E-state index in [1.807, 2.05) is 24.3 Å². The van der Waals surface area contributed by atoms with Crippen molar-refractivity contribution in [2.45, 2.75) is 17.7 Å². The lowest BCUT2D eigenvalue weighted by molar-refractivity contribution is -0.148. The first-order chi connectivity index (χ1) is 10.1. The van der Waals surface area contributed by atoms with Crippen LogP contribution < -0.4 is 0 Å². The Labute approximate surface area is 133 Å². The Kier molecular flexibility index (Phi) is 5.94. The molecule has 0 saturated carbocycles. The fourth-order valence-corrected chi connectivity index (χ4v) is 3.26. The van der Waals surface area contributed by atoms with E-state index >= 15 is 0 Å². The molecule has 21 heavy (non-hydrogen) atoms. The second kappa shape index (κ2) is 7.71. The van der Waals surface area contributed by atoms with Crippen molar-refractivity contribution >= 4 is 35.2 Å². The number of esters is 1. The van der Waals surface area contributed by atoms with Gasteiger partial charge in [0, 0.05) is 23.0 Å². The first-order valence-electron chi connectivity index (χ1n) is 6.84. The highest BCUT2D eigenvalue weighted by Crippen LogP contribution is 2.23. The molecule has 1 aromatic rings. The topological polar surface area (TPSA) is 46.6 Å². The average Bonchev–Trinajstić information content (AvgIpc) is 2.53. The predicted molar refractivity (Wildman–Crippen MR) is 83.5 cm³/mol. The number of thioether (sulfide) groups is 1. The van der Waals surface area contributed by atoms with Gasteiger partial charge in [0.15, 0.2) is 0 Å². The molecule has 114 valence electrons. The number of carbonyl (C=O) groups is 2. The van der Waals surface area contributed by atoms with E-state index in [0.717, 1.165) is 17.7 Å². The molecule has 1 aliphatic heterocycles. The first-order valence-corrected chi connectivity index (χ1v) is 8.20. The van der Waals surface area contributed by atoms with Crippen LogP contribution in [0, 0.1) is 5.92 Å². The fraction of sp³-hybridized carbons (Fsp3) is 0.467. The van der Waals surface area contributed by atoms with Crippen LogP contribution in [0.3, 0.4) is 0 Å². The van der Waals surface area contributed by atoms with Crippen molar-refractivity contribution in [3.05, 3.63) is 29.3 Å². The van der Waals surface area contributed by atoms with Crippen LogP contribution in [-0.4, -0.2) is 42.7 Å². The Bertz CT molecular complexity index is 506. The van der Waals surface area contributed by atoms with Crippen molar-refractivity contribution in [3.63, 3.8) is 0 Å². The van der Waals surface area contributed by atoms with Crippen LogP contribution in [0.4, 0.5) is 0 Å². The number of hydrogen-bond acceptors (Lipinski definition) is 4. The lowest BCUT2D eigenvalue weighted by Gasteiger charge is -2.31. The van der Waals surface area contributed by atoms with Crippen LogP contribution >= 0.6 is 23.4 Å². The molecule has 1 heterocycles. The number of methoxy groups -OCH3 is 1. The molecular formula is C15H18ClNO3S. The summed E-state index contributed by atoms with van der Waals surface area (Å²) in [5.74, 6) is 0.0184. The van der Waals surface area contributed by atoms with Gasteiger partial charge in [-0.25, -0.2) is 0 Å². The van der Waals surface area contributed by atoms with Crippen molar-refractivity contribution in [1.29, 1.82) is 0 Å². The van der Waals surface area contributed by atoms with E-state index in [-0.39, 0.29) is 17.8 Å². The Balaban J connectivity index is 1.85. The molecule has 0 aromatic heterocycles. The number of amides is 1. The first kappa shape index (κ1) is 16.2. The van der Waals surface area contributed by atoms with Gasteiger partial charge in [-0.05, 0) is 37.1 Å². The lowest BCUT2D eigenvalue weighted by Crippen LogP contribution is -2.43.